The Labute approximate surface area is 486 Å². The number of allylic oxidation sites excluding steroid dienone is 8. The summed E-state index contributed by atoms with van der Waals surface area (Å²) in [6.07, 6.45) is 34.1. The maximum absolute atomic E-state index is 16.6. The lowest BCUT2D eigenvalue weighted by molar-refractivity contribution is -0.182. The molecule has 1 aromatic rings. The van der Waals surface area contributed by atoms with Crippen LogP contribution < -0.4 is 31.9 Å². The van der Waals surface area contributed by atoms with Crippen molar-refractivity contribution in [2.24, 2.45) is 52.8 Å². The van der Waals surface area contributed by atoms with Gasteiger partial charge in [-0.3, -0.25) is 14.9 Å². The first kappa shape index (κ1) is 55.3. The molecule has 8 N–H and O–H groups in total. The van der Waals surface area contributed by atoms with Gasteiger partial charge in [0.25, 0.3) is 5.60 Å². The van der Waals surface area contributed by atoms with Gasteiger partial charge in [-0.1, -0.05) is 93.2 Å². The van der Waals surface area contributed by atoms with E-state index in [1.165, 1.54) is 60.0 Å². The highest BCUT2D eigenvalue weighted by molar-refractivity contribution is 6.33. The van der Waals surface area contributed by atoms with Crippen LogP contribution in [0.3, 0.4) is 0 Å². The number of dihydropyridines is 2. The highest BCUT2D eigenvalue weighted by atomic mass is 16.7. The average Bonchev–Trinajstić information content (AvgIpc) is 1.74. The van der Waals surface area contributed by atoms with Crippen LogP contribution in [0.4, 0.5) is 0 Å². The quantitative estimate of drug-likeness (QED) is 0.0480. The summed E-state index contributed by atoms with van der Waals surface area (Å²) in [5.74, 6) is 0.916. The zero-order valence-corrected chi connectivity index (χ0v) is 49.2. The molecule has 13 aliphatic rings. The van der Waals surface area contributed by atoms with E-state index < -0.39 is 40.7 Å². The summed E-state index contributed by atoms with van der Waals surface area (Å²) in [4.78, 5) is 49.1. The molecule has 12 bridgehead atoms. The van der Waals surface area contributed by atoms with Crippen LogP contribution in [-0.2, 0) is 20.7 Å². The smallest absolute Gasteiger partial charge is 0.350 e. The van der Waals surface area contributed by atoms with E-state index in [-0.39, 0.29) is 77.6 Å². The predicted molar refractivity (Wildman–Crippen MR) is 317 cm³/mol. The fourth-order valence-corrected chi connectivity index (χ4v) is 19.4. The van der Waals surface area contributed by atoms with Crippen molar-refractivity contribution in [2.75, 3.05) is 33.3 Å². The summed E-state index contributed by atoms with van der Waals surface area (Å²) in [6.45, 7) is 6.51. The topological polar surface area (TPSA) is 186 Å². The van der Waals surface area contributed by atoms with Crippen molar-refractivity contribution in [2.45, 2.75) is 203 Å². The third kappa shape index (κ3) is 9.42. The molecule has 82 heavy (non-hydrogen) atoms. The van der Waals surface area contributed by atoms with Gasteiger partial charge in [-0.15, -0.1) is 0 Å². The van der Waals surface area contributed by atoms with Crippen LogP contribution in [0.5, 0.6) is 0 Å². The molecule has 2 saturated heterocycles. The number of esters is 1. The Bertz CT molecular complexity index is 2980. The number of carbonyl (C=O) groups is 3. The van der Waals surface area contributed by atoms with Gasteiger partial charge in [0.2, 0.25) is 5.78 Å². The molecule has 1 spiro atoms. The van der Waals surface area contributed by atoms with E-state index in [0.717, 1.165) is 114 Å². The number of nitrogens with one attached hydrogen (secondary N) is 6. The fraction of sp³-hybridized carbons (Fsp3) is 0.667. The van der Waals surface area contributed by atoms with Crippen LogP contribution in [0.15, 0.2) is 99.6 Å². The van der Waals surface area contributed by atoms with Crippen LogP contribution in [0.2, 0.25) is 0 Å². The minimum absolute atomic E-state index is 0.0337. The molecule has 15 atom stereocenters. The Morgan fingerprint density at radius 1 is 0.939 bits per heavy atom. The van der Waals surface area contributed by atoms with Crippen LogP contribution >= 0.6 is 0 Å². The van der Waals surface area contributed by atoms with Gasteiger partial charge in [0, 0.05) is 47.7 Å². The molecule has 14 rings (SSSR count). The van der Waals surface area contributed by atoms with Crippen molar-refractivity contribution in [3.05, 3.63) is 116 Å². The summed E-state index contributed by atoms with van der Waals surface area (Å²) >= 11 is 0. The highest BCUT2D eigenvalue weighted by Gasteiger charge is 2.86. The van der Waals surface area contributed by atoms with E-state index in [9.17, 15) is 10.2 Å². The maximum Gasteiger partial charge on any atom is 0.350 e. The van der Waals surface area contributed by atoms with Crippen molar-refractivity contribution >= 4 is 17.5 Å². The number of benzene rings is 1. The lowest BCUT2D eigenvalue weighted by Gasteiger charge is -2.60. The summed E-state index contributed by atoms with van der Waals surface area (Å²) in [6, 6.07) is 5.69. The number of carbonyl (C=O) groups excluding carboxylic acids is 3. The monoisotopic (exact) mass is 1120 g/mol. The van der Waals surface area contributed by atoms with Crippen LogP contribution in [0.25, 0.3) is 0 Å². The number of rotatable bonds is 10. The van der Waals surface area contributed by atoms with Crippen molar-refractivity contribution in [1.82, 2.24) is 31.9 Å². The minimum Gasteiger partial charge on any atom is -0.459 e. The van der Waals surface area contributed by atoms with E-state index in [0.29, 0.717) is 55.2 Å². The summed E-state index contributed by atoms with van der Waals surface area (Å²) < 4.78 is 14.5. The van der Waals surface area contributed by atoms with Crippen molar-refractivity contribution in [1.29, 1.82) is 0 Å². The number of epoxide rings is 1. The summed E-state index contributed by atoms with van der Waals surface area (Å²) in [7, 11) is 1.98. The molecule has 3 saturated carbocycles. The molecular formula is C69H92N6O7. The van der Waals surface area contributed by atoms with E-state index in [1.807, 2.05) is 26.1 Å². The van der Waals surface area contributed by atoms with Crippen molar-refractivity contribution < 1.29 is 34.1 Å². The molecule has 440 valence electrons. The molecular weight excluding hydrogens is 1020 g/mol. The van der Waals surface area contributed by atoms with E-state index >= 15 is 14.4 Å². The van der Waals surface area contributed by atoms with Gasteiger partial charge in [-0.05, 0) is 216 Å². The maximum atomic E-state index is 16.6. The molecule has 0 aromatic heterocycles. The number of fused-ring (bicyclic) bond motifs is 5. The number of hydrogen-bond acceptors (Lipinski definition) is 13. The second-order valence-corrected chi connectivity index (χ2v) is 28.6. The lowest BCUT2D eigenvalue weighted by atomic mass is 9.49. The Morgan fingerprint density at radius 3 is 2.65 bits per heavy atom. The molecule has 0 amide bonds. The highest BCUT2D eigenvalue weighted by Crippen LogP contribution is 2.63. The molecule has 1 aromatic carbocycles. The van der Waals surface area contributed by atoms with Crippen LogP contribution in [0.1, 0.15) is 181 Å². The predicted octanol–water partition coefficient (Wildman–Crippen LogP) is 9.35. The number of Topliss-reactive ketones (excluding diaryl/α,β-unsaturated/α-hetero) is 2. The molecule has 7 aliphatic heterocycles. The molecule has 13 nitrogen and oxygen atoms in total. The first-order chi connectivity index (χ1) is 39.8. The van der Waals surface area contributed by atoms with Crippen molar-refractivity contribution in [3.8, 4) is 0 Å². The van der Waals surface area contributed by atoms with Crippen molar-refractivity contribution in [3.63, 3.8) is 0 Å². The fourth-order valence-electron chi connectivity index (χ4n) is 19.4. The average molecular weight is 1120 g/mol. The van der Waals surface area contributed by atoms with Crippen LogP contribution in [-0.4, -0.2) is 102 Å². The second kappa shape index (κ2) is 21.7. The molecule has 1 unspecified atom stereocenters. The van der Waals surface area contributed by atoms with Gasteiger partial charge in [-0.25, -0.2) is 4.79 Å². The number of aliphatic hydroxyl groups is 2. The first-order valence-electron chi connectivity index (χ1n) is 32.5. The van der Waals surface area contributed by atoms with E-state index in [1.54, 1.807) is 6.07 Å². The zero-order chi connectivity index (χ0) is 56.1. The number of ketones is 2. The molecule has 7 heterocycles. The van der Waals surface area contributed by atoms with Gasteiger partial charge in [-0.2, -0.15) is 0 Å². The Hall–Kier alpha value is -4.63. The molecule has 5 fully saturated rings. The van der Waals surface area contributed by atoms with E-state index in [2.05, 4.69) is 75.4 Å². The van der Waals surface area contributed by atoms with E-state index in [4.69, 9.17) is 9.47 Å². The van der Waals surface area contributed by atoms with Gasteiger partial charge in [0.15, 0.2) is 11.4 Å². The molecule has 6 aliphatic carbocycles. The third-order valence-corrected chi connectivity index (χ3v) is 23.7. The second-order valence-electron chi connectivity index (χ2n) is 28.6. The Kier molecular flexibility index (Phi) is 14.6. The number of ether oxygens (including phenoxy) is 2. The Balaban J connectivity index is 0.922. The summed E-state index contributed by atoms with van der Waals surface area (Å²) in [5.41, 5.74) is 4.48. The zero-order valence-electron chi connectivity index (χ0n) is 49.2. The SMILES string of the molecule is CN[C@@H]1CCC2=C(NCC=C2CC/C(C)=C(\CO)C[C@@]23O[C@@]24C(=O)O[C@@H]2[C@H]5C[C@H](O)C[C@@H]6[C@@H]7CCNC8NC=C(C=C8C7)C[C@](C)(CCCC[C@@H]7CC=CC8=C[C@](NCC9CCCCC9)(C[C@H]65)[C@H]2C[C@@H]87)Cc2cccc(c2C4=O)C3=O)N1. The summed E-state index contributed by atoms with van der Waals surface area (Å²) in [5, 5.41) is 46.5. The molecule has 0 radical (unpaired) electrons. The number of hydrogen-bond donors (Lipinski definition) is 8. The number of aliphatic hydroxyl groups excluding tert-OH is 2. The standard InChI is InChI=1S/C69H92N6O7/c1-40(18-19-44-22-25-72-64-51(44)20-21-58(70-3)75-64)49(39-76)35-68-61(78)52-17-10-16-47-33-66(2)24-8-7-13-43-14-9-15-46-34-67(74-38-41-11-5-4-6-12-41)36-56-54(45-23-26-71-63-48(28-45)27-42(32-66)37-73-63)29-50(77)30-55(56)60(57(67)31-53(43)46)81-65(80)69(68,82-68)62(79)59(47)52/h9-10,15-17,22,27,34,37,41,43,45,50,53-58,60,63,70-77H,4-8,11-14,18-21,23-26,28-33,35-36,38-39H2,1-3H3/b49-40-/t43-,45-,50-,53-,54-,55+,56-,57+,58+,60-,63?,66+,67+,68+,69+/m1/s1. The largest absolute Gasteiger partial charge is 0.459 e. The van der Waals surface area contributed by atoms with Gasteiger partial charge >= 0.3 is 5.97 Å². The first-order valence-corrected chi connectivity index (χ1v) is 32.5. The third-order valence-electron chi connectivity index (χ3n) is 23.7. The van der Waals surface area contributed by atoms with Crippen LogP contribution in [0, 0.1) is 52.8 Å². The Morgan fingerprint density at radius 2 is 1.79 bits per heavy atom. The van der Waals surface area contributed by atoms with Gasteiger partial charge in [0.1, 0.15) is 11.9 Å². The van der Waals surface area contributed by atoms with Gasteiger partial charge in [0.05, 0.1) is 25.0 Å². The normalized spacial score (nSPS) is 40.5. The van der Waals surface area contributed by atoms with Gasteiger partial charge < -0.3 is 46.3 Å². The minimum atomic E-state index is -2.25. The molecule has 13 heteroatoms. The lowest BCUT2D eigenvalue weighted by Crippen LogP contribution is -2.67.